The second-order valence-corrected chi connectivity index (χ2v) is 10.9. The maximum Gasteiger partial charge on any atom is 0.328 e. The molecule has 0 bridgehead atoms. The molecule has 3 N–H and O–H groups in total. The van der Waals surface area contributed by atoms with Gasteiger partial charge in [0.2, 0.25) is 12.7 Å². The van der Waals surface area contributed by atoms with Crippen LogP contribution in [0.4, 0.5) is 0 Å². The van der Waals surface area contributed by atoms with Gasteiger partial charge in [0.1, 0.15) is 6.04 Å². The highest BCUT2D eigenvalue weighted by molar-refractivity contribution is 5.88. The first-order valence-electron chi connectivity index (χ1n) is 13.7. The molecule has 1 aromatic heterocycles. The first-order valence-corrected chi connectivity index (χ1v) is 13.7. The number of para-hydroxylation sites is 1. The second kappa shape index (κ2) is 10.5. The van der Waals surface area contributed by atoms with E-state index in [9.17, 15) is 14.7 Å². The number of fused-ring (bicyclic) bond motifs is 3. The molecule has 1 saturated carbocycles. The fourth-order valence-electron chi connectivity index (χ4n) is 6.74. The Hall–Kier alpha value is -3.56. The van der Waals surface area contributed by atoms with Crippen molar-refractivity contribution in [1.29, 1.82) is 0 Å². The van der Waals surface area contributed by atoms with Crippen LogP contribution in [0.15, 0.2) is 48.7 Å². The van der Waals surface area contributed by atoms with Crippen molar-refractivity contribution in [3.63, 3.8) is 0 Å². The number of benzene rings is 2. The minimum absolute atomic E-state index is 0.00389. The van der Waals surface area contributed by atoms with E-state index >= 15 is 0 Å². The number of aliphatic hydroxyl groups is 1. The van der Waals surface area contributed by atoms with E-state index in [1.165, 1.54) is 7.11 Å². The average molecular weight is 534 g/mol. The molecule has 3 aromatic rings. The number of nitrogens with one attached hydrogen (secondary N) is 2. The van der Waals surface area contributed by atoms with Gasteiger partial charge in [0.05, 0.1) is 19.3 Å². The quantitative estimate of drug-likeness (QED) is 0.399. The monoisotopic (exact) mass is 533 g/mol. The Kier molecular flexibility index (Phi) is 6.95. The second-order valence-electron chi connectivity index (χ2n) is 10.9. The number of H-pyrrole nitrogens is 1. The summed E-state index contributed by atoms with van der Waals surface area (Å²) in [6.07, 6.45) is 6.51. The van der Waals surface area contributed by atoms with Crippen LogP contribution < -0.4 is 14.8 Å². The molecule has 1 aliphatic carbocycles. The first-order chi connectivity index (χ1) is 18.9. The van der Waals surface area contributed by atoms with E-state index in [1.54, 1.807) is 0 Å². The number of aromatic nitrogens is 1. The van der Waals surface area contributed by atoms with Gasteiger partial charge in [-0.1, -0.05) is 37.1 Å². The number of carbonyl (C=O) groups excluding carboxylic acids is 2. The molecule has 39 heavy (non-hydrogen) atoms. The SMILES string of the molecule is COC(=O)C(Cc1c[nH]c2ccccc12)NC(=O)CN1CC[C@@]2(O)CCCC[C@H]2[C@@H]1c1ccc2c(c1)OCO2. The number of amides is 1. The molecule has 4 atom stereocenters. The molecule has 3 heterocycles. The summed E-state index contributed by atoms with van der Waals surface area (Å²) in [6.45, 7) is 0.867. The third-order valence-corrected chi connectivity index (χ3v) is 8.68. The highest BCUT2D eigenvalue weighted by atomic mass is 16.7. The zero-order valence-corrected chi connectivity index (χ0v) is 22.2. The van der Waals surface area contributed by atoms with Crippen LogP contribution in [0.25, 0.3) is 10.9 Å². The van der Waals surface area contributed by atoms with Crippen LogP contribution in [-0.4, -0.2) is 65.5 Å². The van der Waals surface area contributed by atoms with Crippen molar-refractivity contribution >= 4 is 22.8 Å². The lowest BCUT2D eigenvalue weighted by molar-refractivity contribution is -0.146. The number of hydrogen-bond donors (Lipinski definition) is 3. The Morgan fingerprint density at radius 2 is 2.03 bits per heavy atom. The Morgan fingerprint density at radius 3 is 2.90 bits per heavy atom. The Morgan fingerprint density at radius 1 is 1.18 bits per heavy atom. The van der Waals surface area contributed by atoms with Crippen LogP contribution in [0.1, 0.15) is 49.3 Å². The molecule has 9 heteroatoms. The molecule has 2 fully saturated rings. The maximum atomic E-state index is 13.5. The number of piperidine rings is 1. The number of ether oxygens (including phenoxy) is 3. The van der Waals surface area contributed by atoms with Gasteiger partial charge in [-0.3, -0.25) is 9.69 Å². The zero-order chi connectivity index (χ0) is 27.0. The fraction of sp³-hybridized carbons (Fsp3) is 0.467. The van der Waals surface area contributed by atoms with E-state index in [2.05, 4.69) is 15.2 Å². The highest BCUT2D eigenvalue weighted by Gasteiger charge is 2.49. The van der Waals surface area contributed by atoms with Crippen LogP contribution in [0.5, 0.6) is 11.5 Å². The third kappa shape index (κ3) is 4.96. The summed E-state index contributed by atoms with van der Waals surface area (Å²) < 4.78 is 16.2. The highest BCUT2D eigenvalue weighted by Crippen LogP contribution is 2.50. The lowest BCUT2D eigenvalue weighted by atomic mass is 9.66. The van der Waals surface area contributed by atoms with Crippen molar-refractivity contribution in [2.45, 2.75) is 56.2 Å². The van der Waals surface area contributed by atoms with Crippen molar-refractivity contribution in [3.05, 3.63) is 59.8 Å². The summed E-state index contributed by atoms with van der Waals surface area (Å²) in [5, 5.41) is 15.5. The van der Waals surface area contributed by atoms with Crippen LogP contribution in [0.2, 0.25) is 0 Å². The lowest BCUT2D eigenvalue weighted by Gasteiger charge is -2.52. The smallest absolute Gasteiger partial charge is 0.328 e. The van der Waals surface area contributed by atoms with Gasteiger partial charge in [-0.25, -0.2) is 4.79 Å². The van der Waals surface area contributed by atoms with Gasteiger partial charge in [0, 0.05) is 42.0 Å². The summed E-state index contributed by atoms with van der Waals surface area (Å²) in [6, 6.07) is 12.8. The van der Waals surface area contributed by atoms with Crippen molar-refractivity contribution in [2.24, 2.45) is 5.92 Å². The molecule has 2 aromatic carbocycles. The zero-order valence-electron chi connectivity index (χ0n) is 22.2. The molecule has 3 aliphatic rings. The molecule has 1 saturated heterocycles. The molecule has 6 rings (SSSR count). The van der Waals surface area contributed by atoms with E-state index in [4.69, 9.17) is 14.2 Å². The number of nitrogens with zero attached hydrogens (tertiary/aromatic N) is 1. The number of esters is 1. The Bertz CT molecular complexity index is 1370. The molecule has 2 aliphatic heterocycles. The number of rotatable bonds is 7. The number of hydrogen-bond acceptors (Lipinski definition) is 7. The van der Waals surface area contributed by atoms with Gasteiger partial charge in [-0.2, -0.15) is 0 Å². The standard InChI is InChI=1S/C30H35N3O6/c1-37-29(35)24(14-20-16-31-23-8-3-2-6-21(20)23)32-27(34)17-33-13-12-30(36)11-5-4-7-22(30)28(33)19-9-10-25-26(15-19)39-18-38-25/h2-3,6,8-10,15-16,22,24,28,31,36H,4-5,7,11-14,17-18H2,1H3,(H,32,34)/t22-,24?,28-,30-/m0/s1. The predicted molar refractivity (Wildman–Crippen MR) is 144 cm³/mol. The molecule has 0 radical (unpaired) electrons. The predicted octanol–water partition coefficient (Wildman–Crippen LogP) is 3.47. The van der Waals surface area contributed by atoms with E-state index in [0.717, 1.165) is 47.7 Å². The summed E-state index contributed by atoms with van der Waals surface area (Å²) in [7, 11) is 1.33. The van der Waals surface area contributed by atoms with Crippen molar-refractivity contribution in [2.75, 3.05) is 27.0 Å². The summed E-state index contributed by atoms with van der Waals surface area (Å²) >= 11 is 0. The molecular formula is C30H35N3O6. The van der Waals surface area contributed by atoms with Crippen LogP contribution >= 0.6 is 0 Å². The summed E-state index contributed by atoms with van der Waals surface area (Å²) in [5.74, 6) is 0.650. The van der Waals surface area contributed by atoms with Gasteiger partial charge in [-0.05, 0) is 48.6 Å². The van der Waals surface area contributed by atoms with Crippen LogP contribution in [0, 0.1) is 5.92 Å². The minimum Gasteiger partial charge on any atom is -0.467 e. The van der Waals surface area contributed by atoms with Crippen LogP contribution in [0.3, 0.4) is 0 Å². The first kappa shape index (κ1) is 25.7. The van der Waals surface area contributed by atoms with Gasteiger partial charge in [0.25, 0.3) is 0 Å². The largest absolute Gasteiger partial charge is 0.467 e. The fourth-order valence-corrected chi connectivity index (χ4v) is 6.74. The normalized spacial score (nSPS) is 25.2. The molecule has 0 spiro atoms. The molecule has 9 nitrogen and oxygen atoms in total. The Balaban J connectivity index is 1.23. The van der Waals surface area contributed by atoms with E-state index in [1.807, 2.05) is 48.7 Å². The lowest BCUT2D eigenvalue weighted by Crippen LogP contribution is -2.57. The summed E-state index contributed by atoms with van der Waals surface area (Å²) in [4.78, 5) is 31.5. The van der Waals surface area contributed by atoms with Gasteiger partial charge in [-0.15, -0.1) is 0 Å². The number of likely N-dealkylation sites (tertiary alicyclic amines) is 1. The summed E-state index contributed by atoms with van der Waals surface area (Å²) in [5.41, 5.74) is 2.16. The van der Waals surface area contributed by atoms with E-state index < -0.39 is 17.6 Å². The van der Waals surface area contributed by atoms with Gasteiger partial charge in [0.15, 0.2) is 11.5 Å². The van der Waals surface area contributed by atoms with Crippen molar-refractivity contribution < 1.29 is 28.9 Å². The van der Waals surface area contributed by atoms with Gasteiger partial charge < -0.3 is 29.6 Å². The molecular weight excluding hydrogens is 498 g/mol. The maximum absolute atomic E-state index is 13.5. The topological polar surface area (TPSA) is 113 Å². The van der Waals surface area contributed by atoms with E-state index in [-0.39, 0.29) is 31.2 Å². The van der Waals surface area contributed by atoms with Crippen LogP contribution in [-0.2, 0) is 20.7 Å². The average Bonchev–Trinajstić information content (AvgIpc) is 3.59. The van der Waals surface area contributed by atoms with Crippen molar-refractivity contribution in [3.8, 4) is 11.5 Å². The molecule has 206 valence electrons. The van der Waals surface area contributed by atoms with Crippen molar-refractivity contribution in [1.82, 2.24) is 15.2 Å². The third-order valence-electron chi connectivity index (χ3n) is 8.68. The molecule has 1 amide bonds. The number of carbonyl (C=O) groups is 2. The number of aromatic amines is 1. The van der Waals surface area contributed by atoms with Gasteiger partial charge >= 0.3 is 5.97 Å². The van der Waals surface area contributed by atoms with E-state index in [0.29, 0.717) is 30.9 Å². The minimum atomic E-state index is -0.817. The number of methoxy groups -OCH3 is 1. The Labute approximate surface area is 227 Å². The molecule has 1 unspecified atom stereocenters.